The average Bonchev–Trinajstić information content (AvgIpc) is 2.49. The number of carbonyl (C=O) groups excluding carboxylic acids is 2. The Morgan fingerprint density at radius 1 is 1.06 bits per heavy atom. The van der Waals surface area contributed by atoms with E-state index in [1.54, 1.807) is 7.05 Å². The van der Waals surface area contributed by atoms with Crippen molar-refractivity contribution in [2.45, 2.75) is 31.2 Å². The van der Waals surface area contributed by atoms with E-state index in [4.69, 9.17) is 10.2 Å². The van der Waals surface area contributed by atoms with Crippen LogP contribution in [0.15, 0.2) is 0 Å². The zero-order valence-corrected chi connectivity index (χ0v) is 10.3. The quantitative estimate of drug-likeness (QED) is 0.634. The predicted octanol–water partition coefficient (Wildman–Crippen LogP) is -0.206. The van der Waals surface area contributed by atoms with E-state index in [2.05, 4.69) is 0 Å². The first-order valence-electron chi connectivity index (χ1n) is 5.79. The van der Waals surface area contributed by atoms with E-state index >= 15 is 0 Å². The van der Waals surface area contributed by atoms with Crippen LogP contribution in [0.25, 0.3) is 0 Å². The summed E-state index contributed by atoms with van der Waals surface area (Å²) in [4.78, 5) is 26.5. The minimum atomic E-state index is -0.892. The van der Waals surface area contributed by atoms with Gasteiger partial charge in [-0.3, -0.25) is 9.69 Å². The van der Waals surface area contributed by atoms with Crippen LogP contribution in [0.4, 0.5) is 4.79 Å². The fourth-order valence-electron chi connectivity index (χ4n) is 2.37. The lowest BCUT2D eigenvalue weighted by Gasteiger charge is -2.32. The van der Waals surface area contributed by atoms with E-state index < -0.39 is 5.54 Å². The topological polar surface area (TPSA) is 81.1 Å². The summed E-state index contributed by atoms with van der Waals surface area (Å²) in [7, 11) is 3.05. The van der Waals surface area contributed by atoms with Crippen molar-refractivity contribution in [3.63, 3.8) is 0 Å². The third-order valence-electron chi connectivity index (χ3n) is 3.42. The molecule has 0 bridgehead atoms. The molecule has 0 aromatic carbocycles. The fraction of sp³-hybridized carbons (Fsp3) is 0.818. The molecule has 0 aromatic heterocycles. The van der Waals surface area contributed by atoms with Gasteiger partial charge in [0.25, 0.3) is 5.91 Å². The summed E-state index contributed by atoms with van der Waals surface area (Å²) in [5.74, 6) is -0.244. The average molecular weight is 244 g/mol. The molecule has 0 unspecified atom stereocenters. The second kappa shape index (κ2) is 5.46. The van der Waals surface area contributed by atoms with Crippen molar-refractivity contribution in [3.05, 3.63) is 0 Å². The number of imide groups is 1. The van der Waals surface area contributed by atoms with Crippen molar-refractivity contribution in [1.82, 2.24) is 9.80 Å². The minimum Gasteiger partial charge on any atom is -0.396 e. The molecule has 17 heavy (non-hydrogen) atoms. The second-order valence-electron chi connectivity index (χ2n) is 4.39. The molecule has 1 aliphatic rings. The predicted molar refractivity (Wildman–Crippen MR) is 61.3 cm³/mol. The molecule has 0 atom stereocenters. The van der Waals surface area contributed by atoms with Gasteiger partial charge in [0.15, 0.2) is 0 Å². The van der Waals surface area contributed by atoms with E-state index in [1.807, 2.05) is 0 Å². The van der Waals surface area contributed by atoms with Crippen LogP contribution in [-0.2, 0) is 4.79 Å². The molecule has 0 aliphatic carbocycles. The third kappa shape index (κ3) is 2.28. The molecule has 0 spiro atoms. The summed E-state index contributed by atoms with van der Waals surface area (Å²) in [6.45, 7) is -0.0280. The van der Waals surface area contributed by atoms with Crippen LogP contribution in [0, 0.1) is 0 Å². The lowest BCUT2D eigenvalue weighted by atomic mass is 9.87. The van der Waals surface area contributed by atoms with Crippen LogP contribution >= 0.6 is 0 Å². The highest BCUT2D eigenvalue weighted by Gasteiger charge is 2.53. The number of aliphatic hydroxyl groups is 2. The van der Waals surface area contributed by atoms with Gasteiger partial charge in [-0.25, -0.2) is 4.79 Å². The van der Waals surface area contributed by atoms with Crippen LogP contribution in [0.3, 0.4) is 0 Å². The zero-order valence-electron chi connectivity index (χ0n) is 10.3. The van der Waals surface area contributed by atoms with E-state index in [9.17, 15) is 9.59 Å². The number of hydrogen-bond acceptors (Lipinski definition) is 4. The number of amides is 3. The molecule has 3 amide bonds. The number of nitrogens with zero attached hydrogens (tertiary/aromatic N) is 2. The number of urea groups is 1. The fourth-order valence-corrected chi connectivity index (χ4v) is 2.37. The highest BCUT2D eigenvalue weighted by Crippen LogP contribution is 2.34. The van der Waals surface area contributed by atoms with E-state index in [0.29, 0.717) is 25.7 Å². The van der Waals surface area contributed by atoms with E-state index in [0.717, 1.165) is 4.90 Å². The number of aliphatic hydroxyl groups excluding tert-OH is 2. The first-order valence-corrected chi connectivity index (χ1v) is 5.79. The first-order chi connectivity index (χ1) is 8.01. The Balaban J connectivity index is 2.95. The molecule has 6 nitrogen and oxygen atoms in total. The van der Waals surface area contributed by atoms with E-state index in [1.165, 1.54) is 11.9 Å². The van der Waals surface area contributed by atoms with Gasteiger partial charge in [0, 0.05) is 27.3 Å². The Hall–Kier alpha value is -1.14. The SMILES string of the molecule is CN1C(=O)N(C)C(CCCO)(CCCO)C1=O. The third-order valence-corrected chi connectivity index (χ3v) is 3.42. The summed E-state index contributed by atoms with van der Waals surface area (Å²) >= 11 is 0. The maximum absolute atomic E-state index is 12.2. The highest BCUT2D eigenvalue weighted by molar-refractivity contribution is 6.06. The lowest BCUT2D eigenvalue weighted by Crippen LogP contribution is -2.48. The molecule has 1 heterocycles. The summed E-state index contributed by atoms with van der Waals surface area (Å²) in [6.07, 6.45) is 1.77. The second-order valence-corrected chi connectivity index (χ2v) is 4.39. The highest BCUT2D eigenvalue weighted by atomic mass is 16.3. The van der Waals surface area contributed by atoms with Gasteiger partial charge in [0.2, 0.25) is 0 Å². The van der Waals surface area contributed by atoms with Gasteiger partial charge in [0.05, 0.1) is 0 Å². The molecule has 98 valence electrons. The number of rotatable bonds is 6. The molecule has 2 N–H and O–H groups in total. The zero-order chi connectivity index (χ0) is 13.1. The molecule has 6 heteroatoms. The van der Waals surface area contributed by atoms with Gasteiger partial charge in [-0.15, -0.1) is 0 Å². The van der Waals surface area contributed by atoms with Gasteiger partial charge in [-0.05, 0) is 25.7 Å². The molecule has 1 rings (SSSR count). The summed E-state index contributed by atoms with van der Waals surface area (Å²) < 4.78 is 0. The number of hydrogen-bond donors (Lipinski definition) is 2. The summed E-state index contributed by atoms with van der Waals surface area (Å²) in [6, 6.07) is -0.328. The number of likely N-dealkylation sites (N-methyl/N-ethyl adjacent to an activating group) is 2. The maximum atomic E-state index is 12.2. The minimum absolute atomic E-state index is 0.0140. The molecule has 0 radical (unpaired) electrons. The molecule has 1 fully saturated rings. The first kappa shape index (κ1) is 13.9. The molecular weight excluding hydrogens is 224 g/mol. The van der Waals surface area contributed by atoms with Crippen LogP contribution in [-0.4, -0.2) is 64.8 Å². The monoisotopic (exact) mass is 244 g/mol. The van der Waals surface area contributed by atoms with Crippen molar-refractivity contribution < 1.29 is 19.8 Å². The number of carbonyl (C=O) groups is 2. The smallest absolute Gasteiger partial charge is 0.327 e. The van der Waals surface area contributed by atoms with Crippen molar-refractivity contribution in [1.29, 1.82) is 0 Å². The van der Waals surface area contributed by atoms with Gasteiger partial charge < -0.3 is 15.1 Å². The van der Waals surface area contributed by atoms with Gasteiger partial charge >= 0.3 is 6.03 Å². The Labute approximate surface area is 101 Å². The lowest BCUT2D eigenvalue weighted by molar-refractivity contribution is -0.133. The van der Waals surface area contributed by atoms with E-state index in [-0.39, 0.29) is 25.2 Å². The van der Waals surface area contributed by atoms with Crippen LogP contribution in [0.2, 0.25) is 0 Å². The van der Waals surface area contributed by atoms with Crippen LogP contribution in [0.5, 0.6) is 0 Å². The van der Waals surface area contributed by atoms with Crippen molar-refractivity contribution in [2.75, 3.05) is 27.3 Å². The van der Waals surface area contributed by atoms with Crippen LogP contribution < -0.4 is 0 Å². The standard InChI is InChI=1S/C11H20N2O4/c1-12-9(16)11(5-3-7-14,6-4-8-15)13(2)10(12)17/h14-15H,3-8H2,1-2H3. The van der Waals surface area contributed by atoms with Gasteiger partial charge in [0.1, 0.15) is 5.54 Å². The maximum Gasteiger partial charge on any atom is 0.327 e. The van der Waals surface area contributed by atoms with Crippen LogP contribution in [0.1, 0.15) is 25.7 Å². The van der Waals surface area contributed by atoms with Crippen molar-refractivity contribution in [3.8, 4) is 0 Å². The van der Waals surface area contributed by atoms with Gasteiger partial charge in [-0.2, -0.15) is 0 Å². The molecule has 0 aromatic rings. The molecule has 1 saturated heterocycles. The molecule has 0 saturated carbocycles. The Bertz CT molecular complexity index is 298. The van der Waals surface area contributed by atoms with Crippen molar-refractivity contribution in [2.24, 2.45) is 0 Å². The Morgan fingerprint density at radius 2 is 1.53 bits per heavy atom. The summed E-state index contributed by atoms with van der Waals surface area (Å²) in [5, 5.41) is 17.8. The molecular formula is C11H20N2O4. The molecule has 1 aliphatic heterocycles. The van der Waals surface area contributed by atoms with Crippen molar-refractivity contribution >= 4 is 11.9 Å². The normalized spacial score (nSPS) is 19.3. The largest absolute Gasteiger partial charge is 0.396 e. The van der Waals surface area contributed by atoms with Gasteiger partial charge in [-0.1, -0.05) is 0 Å². The Kier molecular flexibility index (Phi) is 4.47. The summed E-state index contributed by atoms with van der Waals surface area (Å²) in [5.41, 5.74) is -0.892. The Morgan fingerprint density at radius 3 is 1.82 bits per heavy atom.